The van der Waals surface area contributed by atoms with Gasteiger partial charge in [-0.2, -0.15) is 15.8 Å². The van der Waals surface area contributed by atoms with Crippen LogP contribution >= 0.6 is 0 Å². The topological polar surface area (TPSA) is 83.8 Å². The molecule has 3 aromatic rings. The molecule has 1 aliphatic heterocycles. The summed E-state index contributed by atoms with van der Waals surface area (Å²) in [5, 5.41) is 28.5. The van der Waals surface area contributed by atoms with Crippen molar-refractivity contribution < 1.29 is 4.74 Å². The Morgan fingerprint density at radius 3 is 1.86 bits per heavy atom. The van der Waals surface area contributed by atoms with Gasteiger partial charge >= 0.3 is 0 Å². The van der Waals surface area contributed by atoms with Gasteiger partial charge in [0.05, 0.1) is 5.69 Å². The Balaban J connectivity index is 1.86. The quantitative estimate of drug-likeness (QED) is 0.384. The zero-order valence-corrected chi connectivity index (χ0v) is 19.4. The third kappa shape index (κ3) is 4.55. The number of anilines is 3. The van der Waals surface area contributed by atoms with Crippen molar-refractivity contribution in [2.75, 3.05) is 4.90 Å². The molecule has 0 fully saturated rings. The van der Waals surface area contributed by atoms with Gasteiger partial charge in [0.2, 0.25) is 0 Å². The molecule has 4 rings (SSSR count). The summed E-state index contributed by atoms with van der Waals surface area (Å²) in [6, 6.07) is 34.0. The third-order valence-electron chi connectivity index (χ3n) is 5.70. The molecule has 0 saturated heterocycles. The predicted octanol–water partition coefficient (Wildman–Crippen LogP) is 7.10. The van der Waals surface area contributed by atoms with E-state index in [0.29, 0.717) is 5.57 Å². The first-order valence-electron chi connectivity index (χ1n) is 11.1. The van der Waals surface area contributed by atoms with E-state index in [0.717, 1.165) is 22.6 Å². The minimum atomic E-state index is -0.872. The lowest BCUT2D eigenvalue weighted by atomic mass is 9.94. The fourth-order valence-corrected chi connectivity index (χ4v) is 4.07. The number of para-hydroxylation sites is 3. The Labute approximate surface area is 205 Å². The second-order valence-corrected chi connectivity index (χ2v) is 8.34. The van der Waals surface area contributed by atoms with Crippen molar-refractivity contribution in [3.8, 4) is 18.2 Å². The van der Waals surface area contributed by atoms with Crippen molar-refractivity contribution in [1.82, 2.24) is 0 Å². The number of nitriles is 3. The first-order valence-corrected chi connectivity index (χ1v) is 11.1. The van der Waals surface area contributed by atoms with Crippen LogP contribution in [-0.4, -0.2) is 5.60 Å². The molecule has 0 N–H and O–H groups in total. The maximum atomic E-state index is 9.83. The van der Waals surface area contributed by atoms with Gasteiger partial charge in [-0.15, -0.1) is 0 Å². The van der Waals surface area contributed by atoms with Crippen molar-refractivity contribution in [2.24, 2.45) is 0 Å². The molecule has 0 aromatic heterocycles. The summed E-state index contributed by atoms with van der Waals surface area (Å²) >= 11 is 0. The predicted molar refractivity (Wildman–Crippen MR) is 136 cm³/mol. The van der Waals surface area contributed by atoms with Crippen LogP contribution in [0.4, 0.5) is 17.1 Å². The van der Waals surface area contributed by atoms with Crippen molar-refractivity contribution in [2.45, 2.75) is 19.4 Å². The van der Waals surface area contributed by atoms with E-state index in [1.165, 1.54) is 0 Å². The van der Waals surface area contributed by atoms with Gasteiger partial charge in [-0.1, -0.05) is 66.7 Å². The van der Waals surface area contributed by atoms with Crippen LogP contribution in [-0.2, 0) is 4.74 Å². The van der Waals surface area contributed by atoms with Crippen LogP contribution in [0.2, 0.25) is 0 Å². The number of rotatable bonds is 5. The molecule has 5 nitrogen and oxygen atoms in total. The lowest BCUT2D eigenvalue weighted by molar-refractivity contribution is 0.0954. The van der Waals surface area contributed by atoms with E-state index < -0.39 is 5.60 Å². The Morgan fingerprint density at radius 1 is 0.771 bits per heavy atom. The number of hydrogen-bond donors (Lipinski definition) is 0. The van der Waals surface area contributed by atoms with Crippen LogP contribution in [0.3, 0.4) is 0 Å². The second kappa shape index (κ2) is 9.84. The molecule has 1 heterocycles. The molecule has 5 heteroatoms. The summed E-state index contributed by atoms with van der Waals surface area (Å²) in [4.78, 5) is 2.17. The van der Waals surface area contributed by atoms with E-state index in [1.54, 1.807) is 0 Å². The van der Waals surface area contributed by atoms with Gasteiger partial charge in [0, 0.05) is 16.9 Å². The Hall–Kier alpha value is -5.05. The smallest absolute Gasteiger partial charge is 0.172 e. The van der Waals surface area contributed by atoms with E-state index in [2.05, 4.69) is 35.2 Å². The van der Waals surface area contributed by atoms with Crippen molar-refractivity contribution in [3.05, 3.63) is 119 Å². The molecule has 0 bridgehead atoms. The maximum Gasteiger partial charge on any atom is 0.172 e. The zero-order valence-electron chi connectivity index (χ0n) is 19.4. The molecule has 0 saturated carbocycles. The van der Waals surface area contributed by atoms with Gasteiger partial charge in [0.1, 0.15) is 29.4 Å². The fraction of sp³-hybridized carbons (Fsp3) is 0.100. The van der Waals surface area contributed by atoms with Crippen LogP contribution < -0.4 is 4.90 Å². The molecule has 0 unspecified atom stereocenters. The lowest BCUT2D eigenvalue weighted by Gasteiger charge is -2.27. The zero-order chi connectivity index (χ0) is 24.8. The highest BCUT2D eigenvalue weighted by molar-refractivity contribution is 5.83. The Morgan fingerprint density at radius 2 is 1.31 bits per heavy atom. The maximum absolute atomic E-state index is 9.83. The summed E-state index contributed by atoms with van der Waals surface area (Å²) in [5.41, 5.74) is 3.64. The van der Waals surface area contributed by atoms with Crippen LogP contribution in [0.5, 0.6) is 0 Å². The standard InChI is InChI=1S/C30H22N4O/c1-30(2)27(26(21-33)29(35-30)23(19-31)20-32)18-17-22-11-9-10-16-28(22)34(24-12-5-3-6-13-24)25-14-7-4-8-15-25/h3-18H,1-2H3. The SMILES string of the molecule is CC1(C)OC(=C(C#N)C#N)C(C#N)=C1C=Cc1ccccc1N(c1ccccc1)c1ccccc1. The van der Waals surface area contributed by atoms with Gasteiger partial charge in [-0.25, -0.2) is 0 Å². The number of allylic oxidation sites excluding steroid dienone is 2. The van der Waals surface area contributed by atoms with Crippen molar-refractivity contribution >= 4 is 23.1 Å². The second-order valence-electron chi connectivity index (χ2n) is 8.34. The summed E-state index contributed by atoms with van der Waals surface area (Å²) < 4.78 is 5.89. The van der Waals surface area contributed by atoms with Crippen molar-refractivity contribution in [1.29, 1.82) is 15.8 Å². The van der Waals surface area contributed by atoms with Gasteiger partial charge in [0.15, 0.2) is 11.3 Å². The largest absolute Gasteiger partial charge is 0.480 e. The molecule has 0 radical (unpaired) electrons. The Bertz CT molecular complexity index is 1400. The van der Waals surface area contributed by atoms with Gasteiger partial charge < -0.3 is 9.64 Å². The summed E-state index contributed by atoms with van der Waals surface area (Å²) in [6.07, 6.45) is 3.78. The molecular weight excluding hydrogens is 432 g/mol. The van der Waals surface area contributed by atoms with E-state index in [9.17, 15) is 15.8 Å². The van der Waals surface area contributed by atoms with Crippen LogP contribution in [0, 0.1) is 34.0 Å². The average Bonchev–Trinajstić information content (AvgIpc) is 3.15. The molecule has 1 aliphatic rings. The van der Waals surface area contributed by atoms with Crippen LogP contribution in [0.1, 0.15) is 19.4 Å². The first kappa shape index (κ1) is 23.1. The molecule has 0 atom stereocenters. The average molecular weight is 455 g/mol. The number of nitrogens with zero attached hydrogens (tertiary/aromatic N) is 4. The number of hydrogen-bond acceptors (Lipinski definition) is 5. The van der Waals surface area contributed by atoms with Crippen molar-refractivity contribution in [3.63, 3.8) is 0 Å². The monoisotopic (exact) mass is 454 g/mol. The molecular formula is C30H22N4O. The van der Waals surface area contributed by atoms with E-state index >= 15 is 0 Å². The highest BCUT2D eigenvalue weighted by Crippen LogP contribution is 2.41. The van der Waals surface area contributed by atoms with Crippen LogP contribution in [0.15, 0.2) is 113 Å². The van der Waals surface area contributed by atoms with Gasteiger partial charge in [0.25, 0.3) is 0 Å². The summed E-state index contributed by atoms with van der Waals surface area (Å²) in [6.45, 7) is 3.63. The third-order valence-corrected chi connectivity index (χ3v) is 5.70. The molecule has 35 heavy (non-hydrogen) atoms. The molecule has 168 valence electrons. The molecule has 0 spiro atoms. The number of ether oxygens (including phenoxy) is 1. The van der Waals surface area contributed by atoms with Gasteiger partial charge in [-0.05, 0) is 49.7 Å². The Kier molecular flexibility index (Phi) is 6.50. The van der Waals surface area contributed by atoms with Crippen LogP contribution in [0.25, 0.3) is 6.08 Å². The van der Waals surface area contributed by atoms with Gasteiger partial charge in [-0.3, -0.25) is 0 Å². The molecule has 0 amide bonds. The molecule has 0 aliphatic carbocycles. The highest BCUT2D eigenvalue weighted by Gasteiger charge is 2.38. The highest BCUT2D eigenvalue weighted by atomic mass is 16.5. The minimum Gasteiger partial charge on any atom is -0.480 e. The summed E-state index contributed by atoms with van der Waals surface area (Å²) in [7, 11) is 0. The van der Waals surface area contributed by atoms with E-state index in [4.69, 9.17) is 4.74 Å². The fourth-order valence-electron chi connectivity index (χ4n) is 4.07. The molecule has 3 aromatic carbocycles. The lowest BCUT2D eigenvalue weighted by Crippen LogP contribution is -2.20. The van der Waals surface area contributed by atoms with E-state index in [-0.39, 0.29) is 16.9 Å². The minimum absolute atomic E-state index is 0.0330. The normalized spacial score (nSPS) is 14.1. The van der Waals surface area contributed by atoms with E-state index in [1.807, 2.05) is 98.8 Å². The summed E-state index contributed by atoms with van der Waals surface area (Å²) in [5.74, 6) is 0.0330. The first-order chi connectivity index (χ1) is 17.0. The number of benzene rings is 3.